The molecule has 0 N–H and O–H groups in total. The van der Waals surface area contributed by atoms with E-state index in [0.29, 0.717) is 19.5 Å². The van der Waals surface area contributed by atoms with E-state index in [1.54, 1.807) is 19.9 Å². The lowest BCUT2D eigenvalue weighted by Crippen LogP contribution is -2.48. The molecule has 4 bridgehead atoms. The molecule has 3 aliphatic rings. The van der Waals surface area contributed by atoms with E-state index < -0.39 is 40.9 Å². The van der Waals surface area contributed by atoms with Gasteiger partial charge < -0.3 is 19.1 Å². The summed E-state index contributed by atoms with van der Waals surface area (Å²) in [6.45, 7) is 5.52. The third kappa shape index (κ3) is 2.86. The standard InChI is InChI=1S/C19H25NO7/c1-5-19-11(2)18(3,27-17(19)24)15(22)25-10-12-6-8-20(4)9-7-13(14(12)21)26-16(19)23/h6,11,13H,5,7-10H2,1-4H3/b12-6-/t11-,13-,18+,19-/m1/s1. The molecule has 148 valence electrons. The van der Waals surface area contributed by atoms with Crippen molar-refractivity contribution in [2.24, 2.45) is 11.3 Å². The van der Waals surface area contributed by atoms with E-state index in [4.69, 9.17) is 14.2 Å². The van der Waals surface area contributed by atoms with Gasteiger partial charge in [-0.25, -0.2) is 4.79 Å². The van der Waals surface area contributed by atoms with Gasteiger partial charge in [0.2, 0.25) is 11.4 Å². The minimum atomic E-state index is -1.64. The van der Waals surface area contributed by atoms with Crippen LogP contribution in [-0.2, 0) is 33.4 Å². The molecule has 0 aromatic heterocycles. The first-order valence-electron chi connectivity index (χ1n) is 9.20. The Labute approximate surface area is 157 Å². The lowest BCUT2D eigenvalue weighted by atomic mass is 9.69. The van der Waals surface area contributed by atoms with Crippen molar-refractivity contribution in [3.63, 3.8) is 0 Å². The average Bonchev–Trinajstić information content (AvgIpc) is 2.83. The maximum Gasteiger partial charge on any atom is 0.350 e. The SMILES string of the molecule is CC[C@@]12C(=O)O[C@@H]3CCN(C)C/C=C(/COC(=O)[C@@](C)(OC1=O)[C@H]2C)C3=O. The van der Waals surface area contributed by atoms with Crippen LogP contribution in [0.15, 0.2) is 11.6 Å². The number of cyclic esters (lactones) is 1. The minimum absolute atomic E-state index is 0.0954. The van der Waals surface area contributed by atoms with Crippen LogP contribution in [0.1, 0.15) is 33.6 Å². The smallest absolute Gasteiger partial charge is 0.350 e. The molecule has 2 saturated heterocycles. The molecule has 2 fully saturated rings. The van der Waals surface area contributed by atoms with E-state index >= 15 is 0 Å². The first kappa shape index (κ1) is 19.5. The van der Waals surface area contributed by atoms with E-state index in [0.717, 1.165) is 0 Å². The zero-order valence-electron chi connectivity index (χ0n) is 16.1. The zero-order valence-corrected chi connectivity index (χ0v) is 16.1. The number of Topliss-reactive ketones (excluding diaryl/α,β-unsaturated/α-hetero) is 1. The van der Waals surface area contributed by atoms with Gasteiger partial charge in [-0.2, -0.15) is 0 Å². The number of fused-ring (bicyclic) bond motifs is 4. The number of carbonyl (C=O) groups is 4. The predicted molar refractivity (Wildman–Crippen MR) is 92.4 cm³/mol. The third-order valence-corrected chi connectivity index (χ3v) is 6.20. The van der Waals surface area contributed by atoms with Crippen molar-refractivity contribution in [3.8, 4) is 0 Å². The van der Waals surface area contributed by atoms with Gasteiger partial charge in [-0.15, -0.1) is 0 Å². The van der Waals surface area contributed by atoms with Gasteiger partial charge in [0.05, 0.1) is 0 Å². The monoisotopic (exact) mass is 379 g/mol. The molecule has 3 heterocycles. The summed E-state index contributed by atoms with van der Waals surface area (Å²) in [6, 6.07) is 0. The fourth-order valence-electron chi connectivity index (χ4n) is 3.99. The van der Waals surface area contributed by atoms with E-state index in [-0.39, 0.29) is 24.4 Å². The van der Waals surface area contributed by atoms with Crippen LogP contribution in [0.5, 0.6) is 0 Å². The van der Waals surface area contributed by atoms with Crippen molar-refractivity contribution in [2.45, 2.75) is 45.3 Å². The summed E-state index contributed by atoms with van der Waals surface area (Å²) in [6.07, 6.45) is 1.04. The van der Waals surface area contributed by atoms with Gasteiger partial charge in [0.1, 0.15) is 6.61 Å². The molecule has 8 nitrogen and oxygen atoms in total. The molecule has 27 heavy (non-hydrogen) atoms. The first-order chi connectivity index (χ1) is 12.7. The van der Waals surface area contributed by atoms with Gasteiger partial charge in [0.15, 0.2) is 11.5 Å². The summed E-state index contributed by atoms with van der Waals surface area (Å²) >= 11 is 0. The zero-order chi connectivity index (χ0) is 20.0. The number of carbonyl (C=O) groups excluding carboxylic acids is 4. The normalized spacial score (nSPS) is 39.9. The maximum atomic E-state index is 13.1. The van der Waals surface area contributed by atoms with Gasteiger partial charge in [-0.1, -0.05) is 19.9 Å². The lowest BCUT2D eigenvalue weighted by molar-refractivity contribution is -0.177. The van der Waals surface area contributed by atoms with E-state index in [2.05, 4.69) is 0 Å². The minimum Gasteiger partial charge on any atom is -0.458 e. The van der Waals surface area contributed by atoms with Crippen molar-refractivity contribution < 1.29 is 33.4 Å². The molecule has 4 atom stereocenters. The second kappa shape index (κ2) is 6.74. The van der Waals surface area contributed by atoms with Crippen LogP contribution in [0.4, 0.5) is 0 Å². The highest BCUT2D eigenvalue weighted by molar-refractivity contribution is 6.07. The number of ketones is 1. The fourth-order valence-corrected chi connectivity index (χ4v) is 3.99. The number of hydrogen-bond donors (Lipinski definition) is 0. The first-order valence-corrected chi connectivity index (χ1v) is 9.20. The number of hydrogen-bond acceptors (Lipinski definition) is 8. The van der Waals surface area contributed by atoms with Crippen LogP contribution in [-0.4, -0.2) is 67.0 Å². The molecule has 0 aliphatic carbocycles. The topological polar surface area (TPSA) is 99.2 Å². The number of esters is 3. The molecule has 0 spiro atoms. The van der Waals surface area contributed by atoms with Crippen LogP contribution in [0.2, 0.25) is 0 Å². The number of ether oxygens (including phenoxy) is 3. The van der Waals surface area contributed by atoms with Gasteiger partial charge in [0.25, 0.3) is 0 Å². The summed E-state index contributed by atoms with van der Waals surface area (Å²) in [5.41, 5.74) is -2.98. The molecule has 0 unspecified atom stereocenters. The van der Waals surface area contributed by atoms with Crippen LogP contribution < -0.4 is 0 Å². The summed E-state index contributed by atoms with van der Waals surface area (Å²) in [4.78, 5) is 53.3. The number of likely N-dealkylation sites (N-methyl/N-ethyl adjacent to an activating group) is 1. The molecule has 0 aromatic rings. The van der Waals surface area contributed by atoms with Crippen molar-refractivity contribution in [1.29, 1.82) is 0 Å². The molecule has 3 aliphatic heterocycles. The largest absolute Gasteiger partial charge is 0.458 e. The Morgan fingerprint density at radius 3 is 2.56 bits per heavy atom. The maximum absolute atomic E-state index is 13.1. The molecule has 8 heteroatoms. The molecular formula is C19H25NO7. The Kier molecular flexibility index (Phi) is 4.88. The Hall–Kier alpha value is -2.22. The Balaban J connectivity index is 2.10. The highest BCUT2D eigenvalue weighted by Gasteiger charge is 2.68. The van der Waals surface area contributed by atoms with Crippen LogP contribution in [0.25, 0.3) is 0 Å². The van der Waals surface area contributed by atoms with Crippen LogP contribution in [0, 0.1) is 11.3 Å². The number of rotatable bonds is 1. The highest BCUT2D eigenvalue weighted by Crippen LogP contribution is 2.50. The van der Waals surface area contributed by atoms with Crippen molar-refractivity contribution >= 4 is 23.7 Å². The molecular weight excluding hydrogens is 354 g/mol. The molecule has 0 aromatic carbocycles. The molecule has 0 amide bonds. The summed E-state index contributed by atoms with van der Waals surface area (Å²) in [5.74, 6) is -3.58. The summed E-state index contributed by atoms with van der Waals surface area (Å²) in [5, 5.41) is 0. The molecule has 3 rings (SSSR count). The Morgan fingerprint density at radius 2 is 1.89 bits per heavy atom. The van der Waals surface area contributed by atoms with Gasteiger partial charge in [-0.3, -0.25) is 14.4 Å². The molecule has 0 saturated carbocycles. The van der Waals surface area contributed by atoms with Gasteiger partial charge in [-0.05, 0) is 20.4 Å². The third-order valence-electron chi connectivity index (χ3n) is 6.20. The summed E-state index contributed by atoms with van der Waals surface area (Å²) in [7, 11) is 1.88. The van der Waals surface area contributed by atoms with Crippen molar-refractivity contribution in [3.05, 3.63) is 11.6 Å². The fraction of sp³-hybridized carbons (Fsp3) is 0.684. The molecule has 0 radical (unpaired) electrons. The van der Waals surface area contributed by atoms with E-state index in [1.807, 2.05) is 11.9 Å². The summed E-state index contributed by atoms with van der Waals surface area (Å²) < 4.78 is 16.3. The highest BCUT2D eigenvalue weighted by atomic mass is 16.6. The lowest BCUT2D eigenvalue weighted by Gasteiger charge is -2.31. The van der Waals surface area contributed by atoms with Crippen LogP contribution >= 0.6 is 0 Å². The van der Waals surface area contributed by atoms with Gasteiger partial charge >= 0.3 is 17.9 Å². The Bertz CT molecular complexity index is 730. The second-order valence-electron chi connectivity index (χ2n) is 7.66. The predicted octanol–water partition coefficient (Wildman–Crippen LogP) is 0.634. The van der Waals surface area contributed by atoms with E-state index in [1.165, 1.54) is 6.92 Å². The van der Waals surface area contributed by atoms with Crippen molar-refractivity contribution in [2.75, 3.05) is 26.7 Å². The number of nitrogens with zero attached hydrogens (tertiary/aromatic N) is 1. The van der Waals surface area contributed by atoms with Crippen molar-refractivity contribution in [1.82, 2.24) is 4.90 Å². The van der Waals surface area contributed by atoms with E-state index in [9.17, 15) is 19.2 Å². The Morgan fingerprint density at radius 1 is 1.19 bits per heavy atom. The second-order valence-corrected chi connectivity index (χ2v) is 7.66. The average molecular weight is 379 g/mol. The quantitative estimate of drug-likeness (QED) is 0.372. The van der Waals surface area contributed by atoms with Crippen LogP contribution in [0.3, 0.4) is 0 Å². The van der Waals surface area contributed by atoms with Gasteiger partial charge in [0, 0.05) is 31.0 Å².